The fraction of sp³-hybridized carbons (Fsp3) is 0.333. The van der Waals surface area contributed by atoms with E-state index in [0.29, 0.717) is 6.71 Å². The lowest BCUT2D eigenvalue weighted by molar-refractivity contribution is 0.000642. The number of hydrogen-bond acceptors (Lipinski definition) is 2. The standard InChI is InChI=1S/C36H35BN2Si/c1-40(2)31-15-7-12-28-34(31)37-33-27(38(28)26-9-4-3-5-10-26)11-6-13-29(33)39(30-14-8-16-32(40)35(30)37)36-20-23-17-24(21-36)19-25(18-23)22-36/h3-16,23-25H,17-22H2,1-2H3. The smallest absolute Gasteiger partial charge is 0.251 e. The average molecular weight is 535 g/mol. The molecule has 4 saturated carbocycles. The first-order valence-electron chi connectivity index (χ1n) is 15.6. The van der Waals surface area contributed by atoms with E-state index in [0.717, 1.165) is 17.8 Å². The fourth-order valence-corrected chi connectivity index (χ4v) is 14.2. The van der Waals surface area contributed by atoms with E-state index >= 15 is 0 Å². The summed E-state index contributed by atoms with van der Waals surface area (Å²) in [5.74, 6) is 2.76. The number of rotatable bonds is 2. The van der Waals surface area contributed by atoms with Gasteiger partial charge in [-0.3, -0.25) is 0 Å². The summed E-state index contributed by atoms with van der Waals surface area (Å²) < 4.78 is 0. The van der Waals surface area contributed by atoms with E-state index in [4.69, 9.17) is 0 Å². The molecule has 0 aromatic heterocycles. The molecule has 0 spiro atoms. The largest absolute Gasteiger partial charge is 0.336 e. The third kappa shape index (κ3) is 2.59. The third-order valence-corrected chi connectivity index (χ3v) is 15.5. The van der Waals surface area contributed by atoms with Crippen LogP contribution < -0.4 is 36.6 Å². The van der Waals surface area contributed by atoms with Crippen LogP contribution in [0, 0.1) is 17.8 Å². The molecule has 3 aliphatic heterocycles. The van der Waals surface area contributed by atoms with Gasteiger partial charge in [-0.2, -0.15) is 0 Å². The maximum atomic E-state index is 2.96. The van der Waals surface area contributed by atoms with E-state index in [2.05, 4.69) is 108 Å². The number of hydrogen-bond donors (Lipinski definition) is 0. The van der Waals surface area contributed by atoms with E-state index in [1.807, 2.05) is 0 Å². The van der Waals surface area contributed by atoms with Crippen molar-refractivity contribution < 1.29 is 0 Å². The van der Waals surface area contributed by atoms with Gasteiger partial charge < -0.3 is 9.80 Å². The lowest BCUT2D eigenvalue weighted by Gasteiger charge is -2.63. The number of anilines is 5. The fourth-order valence-electron chi connectivity index (χ4n) is 11.0. The summed E-state index contributed by atoms with van der Waals surface area (Å²) in [6.45, 7) is 5.54. The van der Waals surface area contributed by atoms with Crippen molar-refractivity contribution in [3.63, 3.8) is 0 Å². The van der Waals surface area contributed by atoms with Crippen molar-refractivity contribution in [2.24, 2.45) is 17.8 Å². The number of para-hydroxylation sites is 1. The Balaban J connectivity index is 1.32. The molecular formula is C36H35BN2Si. The van der Waals surface area contributed by atoms with E-state index < -0.39 is 8.07 Å². The van der Waals surface area contributed by atoms with Gasteiger partial charge in [0, 0.05) is 34.0 Å². The Bertz CT molecular complexity index is 1710. The average Bonchev–Trinajstić information content (AvgIpc) is 2.95. The monoisotopic (exact) mass is 534 g/mol. The topological polar surface area (TPSA) is 6.48 Å². The minimum absolute atomic E-state index is 0.268. The zero-order chi connectivity index (χ0) is 26.4. The van der Waals surface area contributed by atoms with Gasteiger partial charge in [-0.15, -0.1) is 0 Å². The third-order valence-electron chi connectivity index (χ3n) is 11.9. The highest BCUT2D eigenvalue weighted by Gasteiger charge is 2.58. The highest BCUT2D eigenvalue weighted by molar-refractivity contribution is 7.16. The van der Waals surface area contributed by atoms with Crippen LogP contribution in [0.25, 0.3) is 0 Å². The van der Waals surface area contributed by atoms with Crippen molar-refractivity contribution >= 4 is 70.0 Å². The van der Waals surface area contributed by atoms with Gasteiger partial charge in [0.25, 0.3) is 6.71 Å². The summed E-state index contributed by atoms with van der Waals surface area (Å²) in [5, 5.41) is 3.30. The Kier molecular flexibility index (Phi) is 4.12. The number of nitrogens with zero attached hydrogens (tertiary/aromatic N) is 2. The number of benzene rings is 4. The summed E-state index contributed by atoms with van der Waals surface area (Å²) in [4.78, 5) is 5.55. The summed E-state index contributed by atoms with van der Waals surface area (Å²) >= 11 is 0. The van der Waals surface area contributed by atoms with Crippen LogP contribution in [0.15, 0.2) is 84.9 Å². The molecule has 0 radical (unpaired) electrons. The van der Waals surface area contributed by atoms with Gasteiger partial charge in [0.05, 0.1) is 0 Å². The maximum Gasteiger partial charge on any atom is 0.251 e. The molecule has 2 nitrogen and oxygen atoms in total. The zero-order valence-corrected chi connectivity index (χ0v) is 24.5. The Morgan fingerprint density at radius 1 is 0.600 bits per heavy atom. The van der Waals surface area contributed by atoms with Crippen LogP contribution in [-0.4, -0.2) is 20.3 Å². The summed E-state index contributed by atoms with van der Waals surface area (Å²) in [5.41, 5.74) is 12.2. The normalized spacial score (nSPS) is 29.1. The highest BCUT2D eigenvalue weighted by Crippen LogP contribution is 2.60. The van der Waals surface area contributed by atoms with E-state index in [1.54, 1.807) is 32.4 Å². The molecule has 4 heteroatoms. The van der Waals surface area contributed by atoms with E-state index in [1.165, 1.54) is 61.3 Å². The Labute approximate surface area is 239 Å². The molecule has 4 aliphatic carbocycles. The predicted octanol–water partition coefficient (Wildman–Crippen LogP) is 5.54. The maximum absolute atomic E-state index is 2.96. The minimum atomic E-state index is -1.91. The zero-order valence-electron chi connectivity index (χ0n) is 23.5. The van der Waals surface area contributed by atoms with Crippen molar-refractivity contribution in [3.05, 3.63) is 84.9 Å². The van der Waals surface area contributed by atoms with Crippen molar-refractivity contribution in [1.82, 2.24) is 0 Å². The molecule has 11 rings (SSSR count). The molecule has 0 atom stereocenters. The second-order valence-electron chi connectivity index (χ2n) is 14.4. The molecule has 0 N–H and O–H groups in total. The lowest BCUT2D eigenvalue weighted by atomic mass is 9.33. The first kappa shape index (κ1) is 22.5. The molecule has 3 heterocycles. The second-order valence-corrected chi connectivity index (χ2v) is 18.7. The van der Waals surface area contributed by atoms with Gasteiger partial charge in [-0.05, 0) is 109 Å². The predicted molar refractivity (Wildman–Crippen MR) is 172 cm³/mol. The van der Waals surface area contributed by atoms with Gasteiger partial charge in [-0.25, -0.2) is 0 Å². The van der Waals surface area contributed by atoms with Crippen LogP contribution in [0.2, 0.25) is 13.1 Å². The lowest BCUT2D eigenvalue weighted by Crippen LogP contribution is -2.80. The van der Waals surface area contributed by atoms with Crippen molar-refractivity contribution in [2.45, 2.75) is 57.2 Å². The van der Waals surface area contributed by atoms with Crippen LogP contribution in [0.1, 0.15) is 38.5 Å². The van der Waals surface area contributed by atoms with Gasteiger partial charge in [0.1, 0.15) is 8.07 Å². The Morgan fingerprint density at radius 2 is 1.10 bits per heavy atom. The highest BCUT2D eigenvalue weighted by atomic mass is 28.3. The molecule has 4 fully saturated rings. The molecule has 4 aromatic carbocycles. The molecule has 40 heavy (non-hydrogen) atoms. The van der Waals surface area contributed by atoms with E-state index in [9.17, 15) is 0 Å². The van der Waals surface area contributed by atoms with Gasteiger partial charge in [0.2, 0.25) is 0 Å². The summed E-state index contributed by atoms with van der Waals surface area (Å²) in [7, 11) is -1.91. The van der Waals surface area contributed by atoms with Crippen LogP contribution >= 0.6 is 0 Å². The molecule has 0 unspecified atom stereocenters. The molecule has 0 amide bonds. The second kappa shape index (κ2) is 7.33. The van der Waals surface area contributed by atoms with Crippen LogP contribution in [0.5, 0.6) is 0 Å². The molecule has 7 aliphatic rings. The molecule has 4 aromatic rings. The van der Waals surface area contributed by atoms with Crippen LogP contribution in [-0.2, 0) is 0 Å². The SMILES string of the molecule is C[Si]1(C)c2cccc3c2B2c4c(cccc4N(C45CC6CC(CC(C6)C4)C5)c4cccc1c42)N3c1ccccc1. The van der Waals surface area contributed by atoms with Gasteiger partial charge >= 0.3 is 0 Å². The minimum Gasteiger partial charge on any atom is -0.336 e. The van der Waals surface area contributed by atoms with Gasteiger partial charge in [-0.1, -0.05) is 72.0 Å². The first-order chi connectivity index (χ1) is 19.5. The quantitative estimate of drug-likeness (QED) is 0.275. The van der Waals surface area contributed by atoms with Crippen molar-refractivity contribution in [2.75, 3.05) is 9.80 Å². The van der Waals surface area contributed by atoms with Crippen molar-refractivity contribution in [1.29, 1.82) is 0 Å². The van der Waals surface area contributed by atoms with Crippen LogP contribution in [0.3, 0.4) is 0 Å². The molecule has 4 bridgehead atoms. The molecular weight excluding hydrogens is 499 g/mol. The molecule has 0 saturated heterocycles. The van der Waals surface area contributed by atoms with E-state index in [-0.39, 0.29) is 5.54 Å². The Morgan fingerprint density at radius 3 is 1.73 bits per heavy atom. The van der Waals surface area contributed by atoms with Crippen LogP contribution in [0.4, 0.5) is 28.4 Å². The Hall–Kier alpha value is -3.24. The first-order valence-corrected chi connectivity index (χ1v) is 18.6. The van der Waals surface area contributed by atoms with Crippen molar-refractivity contribution in [3.8, 4) is 0 Å². The summed E-state index contributed by atoms with van der Waals surface area (Å²) in [6.07, 6.45) is 8.57. The molecule has 196 valence electrons. The summed E-state index contributed by atoms with van der Waals surface area (Å²) in [6, 6.07) is 33.0. The van der Waals surface area contributed by atoms with Gasteiger partial charge in [0.15, 0.2) is 0 Å².